The zero-order chi connectivity index (χ0) is 12.6. The molecule has 0 aliphatic heterocycles. The molecule has 0 heterocycles. The molecule has 0 saturated heterocycles. The number of hydrogen-bond acceptors (Lipinski definition) is 4. The molecule has 0 radical (unpaired) electrons. The summed E-state index contributed by atoms with van der Waals surface area (Å²) in [6.07, 6.45) is -0.156. The molecule has 0 fully saturated rings. The third-order valence-corrected chi connectivity index (χ3v) is 1.06. The van der Waals surface area contributed by atoms with E-state index in [0.29, 0.717) is 0 Å². The van der Waals surface area contributed by atoms with Crippen LogP contribution in [0.4, 0.5) is 8.78 Å². The molecule has 1 aromatic rings. The second kappa shape index (κ2) is 10.7. The van der Waals surface area contributed by atoms with Crippen LogP contribution in [-0.4, -0.2) is 23.5 Å². The van der Waals surface area contributed by atoms with Gasteiger partial charge in [0.15, 0.2) is 0 Å². The van der Waals surface area contributed by atoms with Crippen molar-refractivity contribution in [3.63, 3.8) is 0 Å². The fraction of sp³-hybridized carbons (Fsp3) is 0.333. The van der Waals surface area contributed by atoms with Crippen molar-refractivity contribution >= 4 is 7.32 Å². The largest absolute Gasteiger partial charge is 1.00 e. The van der Waals surface area contributed by atoms with Gasteiger partial charge in [0.05, 0.1) is 6.10 Å². The van der Waals surface area contributed by atoms with Gasteiger partial charge in [0.1, 0.15) is 0 Å². The Morgan fingerprint density at radius 1 is 1.24 bits per heavy atom. The number of halogens is 2. The Bertz CT molecular complexity index is 277. The predicted octanol–water partition coefficient (Wildman–Crippen LogP) is -1.92. The van der Waals surface area contributed by atoms with Gasteiger partial charge in [0.25, 0.3) is 0 Å². The zero-order valence-electron chi connectivity index (χ0n) is 9.85. The molecule has 0 aliphatic carbocycles. The minimum absolute atomic E-state index is 0. The second-order valence-electron chi connectivity index (χ2n) is 2.91. The summed E-state index contributed by atoms with van der Waals surface area (Å²) >= 11 is 0. The topological polar surface area (TPSA) is 58.9 Å². The Kier molecular flexibility index (Phi) is 11.9. The molecule has 0 saturated carbocycles. The van der Waals surface area contributed by atoms with E-state index in [1.807, 2.05) is 6.07 Å². The first-order valence-electron chi connectivity index (χ1n) is 4.43. The van der Waals surface area contributed by atoms with Crippen LogP contribution >= 0.6 is 0 Å². The summed E-state index contributed by atoms with van der Waals surface area (Å²) < 4.78 is 23.7. The molecule has 0 bridgehead atoms. The molecule has 0 spiro atoms. The molecule has 2 N–H and O–H groups in total. The second-order valence-corrected chi connectivity index (χ2v) is 2.91. The molecule has 17 heavy (non-hydrogen) atoms. The minimum atomic E-state index is -1.84. The van der Waals surface area contributed by atoms with Gasteiger partial charge in [0, 0.05) is 11.6 Å². The summed E-state index contributed by atoms with van der Waals surface area (Å²) in [7, 11) is -1.84. The van der Waals surface area contributed by atoms with Crippen molar-refractivity contribution in [2.24, 2.45) is 0 Å². The van der Waals surface area contributed by atoms with Gasteiger partial charge < -0.3 is 10.0 Å². The molecule has 90 valence electrons. The number of benzene rings is 1. The molecule has 0 unspecified atom stereocenters. The van der Waals surface area contributed by atoms with E-state index in [0.717, 1.165) is 12.1 Å². The SMILES string of the molecule is CC(C)OOB(O)O.Fc1[c-]c(F)ccc1.[Li+]. The van der Waals surface area contributed by atoms with Gasteiger partial charge in [-0.15, -0.1) is 18.2 Å². The van der Waals surface area contributed by atoms with Crippen LogP contribution in [-0.2, 0) is 9.69 Å². The molecule has 4 nitrogen and oxygen atoms in total. The first-order chi connectivity index (χ1) is 7.41. The number of rotatable bonds is 3. The average molecular weight is 240 g/mol. The molecule has 0 aliphatic rings. The van der Waals surface area contributed by atoms with Gasteiger partial charge in [-0.05, 0) is 13.8 Å². The Morgan fingerprint density at radius 3 is 1.88 bits per heavy atom. The van der Waals surface area contributed by atoms with E-state index < -0.39 is 19.0 Å². The Morgan fingerprint density at radius 2 is 1.71 bits per heavy atom. The van der Waals surface area contributed by atoms with Crippen LogP contribution in [0.2, 0.25) is 0 Å². The van der Waals surface area contributed by atoms with Crippen molar-refractivity contribution < 1.29 is 47.4 Å². The fourth-order valence-corrected chi connectivity index (χ4v) is 0.575. The third kappa shape index (κ3) is 13.5. The molecule has 1 aromatic carbocycles. The smallest absolute Gasteiger partial charge is 0.400 e. The van der Waals surface area contributed by atoms with Crippen molar-refractivity contribution in [1.82, 2.24) is 0 Å². The van der Waals surface area contributed by atoms with Gasteiger partial charge in [-0.25, -0.2) is 18.5 Å². The zero-order valence-corrected chi connectivity index (χ0v) is 9.85. The van der Waals surface area contributed by atoms with E-state index in [1.54, 1.807) is 13.8 Å². The van der Waals surface area contributed by atoms with Gasteiger partial charge >= 0.3 is 26.2 Å². The van der Waals surface area contributed by atoms with E-state index in [9.17, 15) is 8.78 Å². The van der Waals surface area contributed by atoms with E-state index in [-0.39, 0.29) is 25.0 Å². The molecular formula is C9H12BF2LiO4. The molecule has 8 heteroatoms. The quantitative estimate of drug-likeness (QED) is 0.280. The molecular weight excluding hydrogens is 228 g/mol. The molecule has 1 rings (SSSR count). The summed E-state index contributed by atoms with van der Waals surface area (Å²) in [6, 6.07) is 5.41. The Balaban J connectivity index is 0. The summed E-state index contributed by atoms with van der Waals surface area (Å²) in [4.78, 5) is 8.22. The number of hydrogen-bond donors (Lipinski definition) is 2. The van der Waals surface area contributed by atoms with Crippen LogP contribution in [0.15, 0.2) is 18.2 Å². The summed E-state index contributed by atoms with van der Waals surface area (Å²) in [6.45, 7) is 3.42. The maximum absolute atomic E-state index is 11.9. The van der Waals surface area contributed by atoms with Crippen molar-refractivity contribution in [3.8, 4) is 0 Å². The van der Waals surface area contributed by atoms with Crippen LogP contribution < -0.4 is 18.9 Å². The van der Waals surface area contributed by atoms with Crippen molar-refractivity contribution in [2.45, 2.75) is 20.0 Å². The van der Waals surface area contributed by atoms with E-state index >= 15 is 0 Å². The van der Waals surface area contributed by atoms with Gasteiger partial charge in [-0.2, -0.15) is 6.07 Å². The third-order valence-electron chi connectivity index (χ3n) is 1.06. The molecule has 0 aromatic heterocycles. The summed E-state index contributed by atoms with van der Waals surface area (Å²) in [5.41, 5.74) is 0. The van der Waals surface area contributed by atoms with Crippen molar-refractivity contribution in [3.05, 3.63) is 35.9 Å². The normalized spacial score (nSPS) is 9.12. The van der Waals surface area contributed by atoms with Crippen LogP contribution in [0.5, 0.6) is 0 Å². The summed E-state index contributed by atoms with van der Waals surface area (Å²) in [5, 5.41) is 16.0. The van der Waals surface area contributed by atoms with Crippen LogP contribution in [0, 0.1) is 17.7 Å². The molecule has 0 amide bonds. The van der Waals surface area contributed by atoms with Gasteiger partial charge in [0.2, 0.25) is 0 Å². The van der Waals surface area contributed by atoms with Gasteiger partial charge in [-0.1, -0.05) is 0 Å². The average Bonchev–Trinajstić information content (AvgIpc) is 2.15. The van der Waals surface area contributed by atoms with E-state index in [1.165, 1.54) is 6.07 Å². The first kappa shape index (κ1) is 18.9. The van der Waals surface area contributed by atoms with Crippen LogP contribution in [0.25, 0.3) is 0 Å². The van der Waals surface area contributed by atoms with E-state index in [4.69, 9.17) is 10.0 Å². The Hall–Kier alpha value is -0.418. The fourth-order valence-electron chi connectivity index (χ4n) is 0.575. The monoisotopic (exact) mass is 240 g/mol. The standard InChI is InChI=1S/C6H3F2.C3H9BO4.Li/c7-5-2-1-3-6(8)4-5;1-3(2)7-8-4(5)6;/h1-3H;3,5-6H,1-2H3;/q-1;;+1. The van der Waals surface area contributed by atoms with Crippen molar-refractivity contribution in [1.29, 1.82) is 0 Å². The Labute approximate surface area is 111 Å². The maximum Gasteiger partial charge on any atom is 1.00 e. The van der Waals surface area contributed by atoms with Gasteiger partial charge in [-0.3, -0.25) is 0 Å². The first-order valence-corrected chi connectivity index (χ1v) is 4.43. The molecule has 0 atom stereocenters. The van der Waals surface area contributed by atoms with E-state index in [2.05, 4.69) is 9.69 Å². The maximum atomic E-state index is 11.9. The van der Waals surface area contributed by atoms with Crippen LogP contribution in [0.3, 0.4) is 0 Å². The predicted molar refractivity (Wildman–Crippen MR) is 52.7 cm³/mol. The van der Waals surface area contributed by atoms with Crippen molar-refractivity contribution in [2.75, 3.05) is 0 Å². The minimum Gasteiger partial charge on any atom is -0.400 e. The van der Waals surface area contributed by atoms with Crippen LogP contribution in [0.1, 0.15) is 13.8 Å². The summed E-state index contributed by atoms with van der Waals surface area (Å²) in [5.74, 6) is -1.32.